The van der Waals surface area contributed by atoms with Crippen molar-refractivity contribution < 1.29 is 14.6 Å². The SMILES string of the molecule is CC(C)COc1ccc(/C=C/CC(=O)O)cc1. The Morgan fingerprint density at radius 3 is 2.53 bits per heavy atom. The van der Waals surface area contributed by atoms with E-state index in [4.69, 9.17) is 9.84 Å². The van der Waals surface area contributed by atoms with E-state index in [2.05, 4.69) is 13.8 Å². The number of aliphatic carboxylic acids is 1. The normalized spacial score (nSPS) is 11.0. The first-order valence-electron chi connectivity index (χ1n) is 5.69. The molecule has 0 saturated heterocycles. The molecule has 17 heavy (non-hydrogen) atoms. The molecular weight excluding hydrogens is 216 g/mol. The summed E-state index contributed by atoms with van der Waals surface area (Å²) in [6, 6.07) is 7.60. The lowest BCUT2D eigenvalue weighted by atomic mass is 10.2. The summed E-state index contributed by atoms with van der Waals surface area (Å²) in [5.74, 6) is 0.525. The third-order valence-electron chi connectivity index (χ3n) is 2.07. The van der Waals surface area contributed by atoms with Crippen LogP contribution in [-0.2, 0) is 4.79 Å². The zero-order valence-electron chi connectivity index (χ0n) is 10.2. The molecule has 0 unspecified atom stereocenters. The summed E-state index contributed by atoms with van der Waals surface area (Å²) in [7, 11) is 0. The highest BCUT2D eigenvalue weighted by Crippen LogP contribution is 2.14. The minimum atomic E-state index is -0.821. The van der Waals surface area contributed by atoms with Gasteiger partial charge in [-0.15, -0.1) is 0 Å². The van der Waals surface area contributed by atoms with Gasteiger partial charge in [0.05, 0.1) is 13.0 Å². The van der Waals surface area contributed by atoms with Gasteiger partial charge in [0.1, 0.15) is 5.75 Å². The molecule has 0 aliphatic carbocycles. The maximum Gasteiger partial charge on any atom is 0.307 e. The Kier molecular flexibility index (Phi) is 5.27. The number of carboxylic acid groups (broad SMARTS) is 1. The minimum Gasteiger partial charge on any atom is -0.493 e. The van der Waals surface area contributed by atoms with Crippen LogP contribution in [0, 0.1) is 5.92 Å². The number of ether oxygens (including phenoxy) is 1. The van der Waals surface area contributed by atoms with Crippen LogP contribution >= 0.6 is 0 Å². The third kappa shape index (κ3) is 5.76. The van der Waals surface area contributed by atoms with Gasteiger partial charge in [0, 0.05) is 0 Å². The number of rotatable bonds is 6. The molecule has 92 valence electrons. The molecule has 0 heterocycles. The maximum atomic E-state index is 10.3. The molecule has 1 rings (SSSR count). The van der Waals surface area contributed by atoms with Crippen molar-refractivity contribution in [2.45, 2.75) is 20.3 Å². The van der Waals surface area contributed by atoms with E-state index in [1.807, 2.05) is 24.3 Å². The van der Waals surface area contributed by atoms with Gasteiger partial charge in [0.15, 0.2) is 0 Å². The highest BCUT2D eigenvalue weighted by Gasteiger charge is 1.96. The highest BCUT2D eigenvalue weighted by atomic mass is 16.5. The molecule has 0 radical (unpaired) electrons. The fraction of sp³-hybridized carbons (Fsp3) is 0.357. The zero-order chi connectivity index (χ0) is 12.7. The first-order valence-corrected chi connectivity index (χ1v) is 5.69. The summed E-state index contributed by atoms with van der Waals surface area (Å²) in [6.07, 6.45) is 3.47. The molecule has 0 aliphatic heterocycles. The van der Waals surface area contributed by atoms with Gasteiger partial charge in [-0.05, 0) is 23.6 Å². The Morgan fingerprint density at radius 2 is 2.00 bits per heavy atom. The minimum absolute atomic E-state index is 0.0472. The van der Waals surface area contributed by atoms with Gasteiger partial charge in [0.2, 0.25) is 0 Å². The molecule has 1 aromatic carbocycles. The largest absolute Gasteiger partial charge is 0.493 e. The summed E-state index contributed by atoms with van der Waals surface area (Å²) in [5, 5.41) is 8.49. The molecule has 0 atom stereocenters. The van der Waals surface area contributed by atoms with E-state index in [0.29, 0.717) is 12.5 Å². The Morgan fingerprint density at radius 1 is 1.35 bits per heavy atom. The number of carboxylic acids is 1. The summed E-state index contributed by atoms with van der Waals surface area (Å²) >= 11 is 0. The van der Waals surface area contributed by atoms with Crippen molar-refractivity contribution in [1.29, 1.82) is 0 Å². The molecule has 3 heteroatoms. The van der Waals surface area contributed by atoms with Crippen LogP contribution in [0.15, 0.2) is 30.3 Å². The van der Waals surface area contributed by atoms with Crippen molar-refractivity contribution in [1.82, 2.24) is 0 Å². The van der Waals surface area contributed by atoms with E-state index < -0.39 is 5.97 Å². The fourth-order valence-corrected chi connectivity index (χ4v) is 1.23. The first kappa shape index (κ1) is 13.3. The number of hydrogen-bond acceptors (Lipinski definition) is 2. The van der Waals surface area contributed by atoms with Gasteiger partial charge in [-0.3, -0.25) is 4.79 Å². The van der Waals surface area contributed by atoms with Crippen LogP contribution in [-0.4, -0.2) is 17.7 Å². The van der Waals surface area contributed by atoms with Crippen LogP contribution in [0.2, 0.25) is 0 Å². The second-order valence-corrected chi connectivity index (χ2v) is 4.27. The van der Waals surface area contributed by atoms with Crippen LogP contribution in [0.3, 0.4) is 0 Å². The van der Waals surface area contributed by atoms with Crippen molar-refractivity contribution in [3.8, 4) is 5.75 Å². The Hall–Kier alpha value is -1.77. The predicted molar refractivity (Wildman–Crippen MR) is 68.1 cm³/mol. The molecular formula is C14H18O3. The quantitative estimate of drug-likeness (QED) is 0.822. The summed E-state index contributed by atoms with van der Waals surface area (Å²) in [6.45, 7) is 4.90. The Bertz CT molecular complexity index is 377. The zero-order valence-corrected chi connectivity index (χ0v) is 10.2. The molecule has 0 bridgehead atoms. The molecule has 0 fully saturated rings. The van der Waals surface area contributed by atoms with Crippen molar-refractivity contribution in [2.24, 2.45) is 5.92 Å². The van der Waals surface area contributed by atoms with E-state index in [1.165, 1.54) is 0 Å². The average Bonchev–Trinajstić information content (AvgIpc) is 2.27. The fourth-order valence-electron chi connectivity index (χ4n) is 1.23. The van der Waals surface area contributed by atoms with Gasteiger partial charge >= 0.3 is 5.97 Å². The van der Waals surface area contributed by atoms with Crippen molar-refractivity contribution >= 4 is 12.0 Å². The molecule has 0 amide bonds. The van der Waals surface area contributed by atoms with Gasteiger partial charge in [-0.1, -0.05) is 38.1 Å². The van der Waals surface area contributed by atoms with Crippen molar-refractivity contribution in [3.63, 3.8) is 0 Å². The number of benzene rings is 1. The van der Waals surface area contributed by atoms with E-state index >= 15 is 0 Å². The van der Waals surface area contributed by atoms with E-state index in [9.17, 15) is 4.79 Å². The van der Waals surface area contributed by atoms with E-state index in [0.717, 1.165) is 11.3 Å². The molecule has 3 nitrogen and oxygen atoms in total. The lowest BCUT2D eigenvalue weighted by Crippen LogP contribution is -2.04. The van der Waals surface area contributed by atoms with E-state index in [1.54, 1.807) is 12.2 Å². The lowest BCUT2D eigenvalue weighted by molar-refractivity contribution is -0.135. The first-order chi connectivity index (χ1) is 8.08. The van der Waals surface area contributed by atoms with Crippen molar-refractivity contribution in [3.05, 3.63) is 35.9 Å². The smallest absolute Gasteiger partial charge is 0.307 e. The van der Waals surface area contributed by atoms with Gasteiger partial charge in [-0.2, -0.15) is 0 Å². The standard InChI is InChI=1S/C14H18O3/c1-11(2)10-17-13-8-6-12(7-9-13)4-3-5-14(15)16/h3-4,6-9,11H,5,10H2,1-2H3,(H,15,16)/b4-3+. The van der Waals surface area contributed by atoms with Crippen LogP contribution < -0.4 is 4.74 Å². The topological polar surface area (TPSA) is 46.5 Å². The lowest BCUT2D eigenvalue weighted by Gasteiger charge is -2.08. The van der Waals surface area contributed by atoms with Gasteiger partial charge in [0.25, 0.3) is 0 Å². The van der Waals surface area contributed by atoms with Gasteiger partial charge in [-0.25, -0.2) is 0 Å². The molecule has 0 aliphatic rings. The second kappa shape index (κ2) is 6.74. The van der Waals surface area contributed by atoms with Crippen LogP contribution in [0.5, 0.6) is 5.75 Å². The molecule has 1 N–H and O–H groups in total. The van der Waals surface area contributed by atoms with Crippen LogP contribution in [0.1, 0.15) is 25.8 Å². The molecule has 0 aromatic heterocycles. The number of hydrogen-bond donors (Lipinski definition) is 1. The van der Waals surface area contributed by atoms with Crippen LogP contribution in [0.25, 0.3) is 6.08 Å². The van der Waals surface area contributed by atoms with Crippen molar-refractivity contribution in [2.75, 3.05) is 6.61 Å². The molecule has 1 aromatic rings. The highest BCUT2D eigenvalue weighted by molar-refractivity contribution is 5.70. The molecule has 0 spiro atoms. The second-order valence-electron chi connectivity index (χ2n) is 4.27. The van der Waals surface area contributed by atoms with E-state index in [-0.39, 0.29) is 6.42 Å². The molecule has 0 saturated carbocycles. The third-order valence-corrected chi connectivity index (χ3v) is 2.07. The van der Waals surface area contributed by atoms with Crippen LogP contribution in [0.4, 0.5) is 0 Å². The maximum absolute atomic E-state index is 10.3. The summed E-state index contributed by atoms with van der Waals surface area (Å²) in [5.41, 5.74) is 0.975. The van der Waals surface area contributed by atoms with Gasteiger partial charge < -0.3 is 9.84 Å². The number of carbonyl (C=O) groups is 1. The predicted octanol–water partition coefficient (Wildman–Crippen LogP) is 3.21. The Labute approximate surface area is 102 Å². The summed E-state index contributed by atoms with van der Waals surface area (Å²) in [4.78, 5) is 10.3. The Balaban J connectivity index is 2.50. The summed E-state index contributed by atoms with van der Waals surface area (Å²) < 4.78 is 5.55. The monoisotopic (exact) mass is 234 g/mol. The average molecular weight is 234 g/mol.